The number of ether oxygens (including phenoxy) is 2. The molecule has 0 rings (SSSR count). The quantitative estimate of drug-likeness (QED) is 0.444. The standard InChI is InChI=1S/2C7H10O5/c1-7(2,3-4(8)9)5(10)6(11)12;1-11-6(9)4-3-5(8)7(10)12-2/h3H2,1-2H3,(H,8,9)(H,11,12);3-4H2,1-2H3. The van der Waals surface area contributed by atoms with Crippen LogP contribution in [0.5, 0.6) is 0 Å². The number of rotatable bonds is 8. The van der Waals surface area contributed by atoms with Gasteiger partial charge >= 0.3 is 23.9 Å². The summed E-state index contributed by atoms with van der Waals surface area (Å²) in [5.41, 5.74) is -1.34. The molecular weight excluding hydrogens is 328 g/mol. The number of hydrogen-bond acceptors (Lipinski definition) is 8. The van der Waals surface area contributed by atoms with Crippen LogP contribution >= 0.6 is 0 Å². The van der Waals surface area contributed by atoms with Gasteiger partial charge in [-0.15, -0.1) is 0 Å². The maximum Gasteiger partial charge on any atom is 0.374 e. The zero-order valence-electron chi connectivity index (χ0n) is 13.8. The van der Waals surface area contributed by atoms with E-state index in [4.69, 9.17) is 10.2 Å². The van der Waals surface area contributed by atoms with Crippen LogP contribution in [0, 0.1) is 5.41 Å². The number of carboxylic acid groups (broad SMARTS) is 2. The predicted octanol–water partition coefficient (Wildman–Crippen LogP) is -0.177. The van der Waals surface area contributed by atoms with Gasteiger partial charge in [0, 0.05) is 11.8 Å². The average Bonchev–Trinajstić information content (AvgIpc) is 2.49. The third-order valence-electron chi connectivity index (χ3n) is 2.60. The number of carbonyl (C=O) groups excluding carboxylic acids is 4. The largest absolute Gasteiger partial charge is 0.481 e. The fourth-order valence-corrected chi connectivity index (χ4v) is 1.28. The summed E-state index contributed by atoms with van der Waals surface area (Å²) in [6, 6.07) is 0. The van der Waals surface area contributed by atoms with Gasteiger partial charge in [-0.25, -0.2) is 9.59 Å². The van der Waals surface area contributed by atoms with Crippen molar-refractivity contribution in [1.82, 2.24) is 0 Å². The van der Waals surface area contributed by atoms with Crippen molar-refractivity contribution in [3.05, 3.63) is 0 Å². The van der Waals surface area contributed by atoms with Crippen molar-refractivity contribution >= 4 is 35.4 Å². The van der Waals surface area contributed by atoms with Crippen LogP contribution in [0.1, 0.15) is 33.1 Å². The first-order valence-electron chi connectivity index (χ1n) is 6.56. The molecule has 0 spiro atoms. The molecule has 0 amide bonds. The minimum Gasteiger partial charge on any atom is -0.481 e. The highest BCUT2D eigenvalue weighted by molar-refractivity contribution is 6.35. The molecule has 0 aliphatic heterocycles. The normalized spacial score (nSPS) is 9.83. The Bertz CT molecular complexity index is 518. The van der Waals surface area contributed by atoms with Crippen LogP contribution < -0.4 is 0 Å². The average molecular weight is 348 g/mol. The van der Waals surface area contributed by atoms with Crippen LogP contribution in [0.15, 0.2) is 0 Å². The number of hydrogen-bond donors (Lipinski definition) is 2. The molecule has 0 aromatic rings. The molecule has 0 heterocycles. The molecule has 0 unspecified atom stereocenters. The molecule has 0 aliphatic rings. The van der Waals surface area contributed by atoms with Crippen LogP contribution in [0.4, 0.5) is 0 Å². The highest BCUT2D eigenvalue weighted by Gasteiger charge is 2.34. The zero-order chi connectivity index (χ0) is 19.5. The van der Waals surface area contributed by atoms with E-state index in [9.17, 15) is 28.8 Å². The van der Waals surface area contributed by atoms with Gasteiger partial charge in [0.25, 0.3) is 0 Å². The summed E-state index contributed by atoms with van der Waals surface area (Å²) in [4.78, 5) is 62.9. The van der Waals surface area contributed by atoms with E-state index in [1.807, 2.05) is 0 Å². The molecule has 0 aliphatic carbocycles. The van der Waals surface area contributed by atoms with Crippen LogP contribution in [-0.2, 0) is 38.2 Å². The molecule has 0 saturated carbocycles. The molecule has 10 nitrogen and oxygen atoms in total. The third kappa shape index (κ3) is 10.0. The van der Waals surface area contributed by atoms with Crippen LogP contribution in [0.3, 0.4) is 0 Å². The van der Waals surface area contributed by atoms with Crippen molar-refractivity contribution in [1.29, 1.82) is 0 Å². The van der Waals surface area contributed by atoms with E-state index in [1.165, 1.54) is 21.0 Å². The lowest BCUT2D eigenvalue weighted by Gasteiger charge is -2.17. The number of ketones is 2. The lowest BCUT2D eigenvalue weighted by atomic mass is 9.84. The van der Waals surface area contributed by atoms with Gasteiger partial charge in [0.05, 0.1) is 27.1 Å². The van der Waals surface area contributed by atoms with E-state index in [0.717, 1.165) is 7.11 Å². The predicted molar refractivity (Wildman–Crippen MR) is 76.9 cm³/mol. The van der Waals surface area contributed by atoms with Crippen LogP contribution in [0.2, 0.25) is 0 Å². The molecule has 10 heteroatoms. The van der Waals surface area contributed by atoms with E-state index in [2.05, 4.69) is 9.47 Å². The van der Waals surface area contributed by atoms with Gasteiger partial charge in [-0.1, -0.05) is 13.8 Å². The summed E-state index contributed by atoms with van der Waals surface area (Å²) in [7, 11) is 2.32. The Morgan fingerprint density at radius 3 is 1.71 bits per heavy atom. The second kappa shape index (κ2) is 10.9. The molecule has 0 bridgehead atoms. The lowest BCUT2D eigenvalue weighted by molar-refractivity contribution is -0.155. The van der Waals surface area contributed by atoms with Crippen molar-refractivity contribution in [3.63, 3.8) is 0 Å². The number of Topliss-reactive ketones (excluding diaryl/α,β-unsaturated/α-hetero) is 2. The van der Waals surface area contributed by atoms with Gasteiger partial charge in [0.2, 0.25) is 11.6 Å². The molecule has 24 heavy (non-hydrogen) atoms. The van der Waals surface area contributed by atoms with Gasteiger partial charge in [0.1, 0.15) is 0 Å². The van der Waals surface area contributed by atoms with Gasteiger partial charge in [0.15, 0.2) is 0 Å². The molecule has 0 saturated heterocycles. The molecule has 136 valence electrons. The molecule has 0 radical (unpaired) electrons. The Labute approximate surface area is 137 Å². The summed E-state index contributed by atoms with van der Waals surface area (Å²) in [5.74, 6) is -6.03. The van der Waals surface area contributed by atoms with Gasteiger partial charge in [-0.3, -0.25) is 19.2 Å². The SMILES string of the molecule is CC(C)(CC(=O)O)C(=O)C(=O)O.COC(=O)CCC(=O)C(=O)OC. The first kappa shape index (κ1) is 23.5. The number of esters is 2. The van der Waals surface area contributed by atoms with E-state index in [0.29, 0.717) is 0 Å². The van der Waals surface area contributed by atoms with E-state index >= 15 is 0 Å². The molecule has 2 N–H and O–H groups in total. The summed E-state index contributed by atoms with van der Waals surface area (Å²) in [6.45, 7) is 2.58. The van der Waals surface area contributed by atoms with E-state index < -0.39 is 47.3 Å². The number of carboxylic acids is 2. The Kier molecular flexibility index (Phi) is 10.6. The first-order valence-corrected chi connectivity index (χ1v) is 6.56. The third-order valence-corrected chi connectivity index (χ3v) is 2.60. The van der Waals surface area contributed by atoms with Crippen LogP contribution in [-0.4, -0.2) is 59.9 Å². The second-order valence-electron chi connectivity index (χ2n) is 5.08. The second-order valence-corrected chi connectivity index (χ2v) is 5.08. The molecular formula is C14H20O10. The molecule has 0 aromatic heterocycles. The fourth-order valence-electron chi connectivity index (χ4n) is 1.28. The fraction of sp³-hybridized carbons (Fsp3) is 0.571. The molecule has 0 atom stereocenters. The zero-order valence-corrected chi connectivity index (χ0v) is 13.8. The summed E-state index contributed by atoms with van der Waals surface area (Å²) in [5, 5.41) is 16.6. The van der Waals surface area contributed by atoms with Gasteiger partial charge in [-0.05, 0) is 0 Å². The maximum absolute atomic E-state index is 10.8. The van der Waals surface area contributed by atoms with E-state index in [-0.39, 0.29) is 12.8 Å². The summed E-state index contributed by atoms with van der Waals surface area (Å²) < 4.78 is 8.41. The number of aliphatic carboxylic acids is 2. The van der Waals surface area contributed by atoms with Crippen molar-refractivity contribution in [2.24, 2.45) is 5.41 Å². The Balaban J connectivity index is 0. The monoisotopic (exact) mass is 348 g/mol. The summed E-state index contributed by atoms with van der Waals surface area (Å²) in [6.07, 6.45) is -0.734. The smallest absolute Gasteiger partial charge is 0.374 e. The summed E-state index contributed by atoms with van der Waals surface area (Å²) >= 11 is 0. The van der Waals surface area contributed by atoms with Crippen molar-refractivity contribution < 1.29 is 48.5 Å². The van der Waals surface area contributed by atoms with E-state index in [1.54, 1.807) is 0 Å². The molecule has 0 aromatic carbocycles. The van der Waals surface area contributed by atoms with Crippen molar-refractivity contribution in [2.75, 3.05) is 14.2 Å². The van der Waals surface area contributed by atoms with Crippen molar-refractivity contribution in [2.45, 2.75) is 33.1 Å². The Morgan fingerprint density at radius 1 is 0.875 bits per heavy atom. The highest BCUT2D eigenvalue weighted by atomic mass is 16.5. The lowest BCUT2D eigenvalue weighted by Crippen LogP contribution is -2.33. The maximum atomic E-state index is 10.8. The van der Waals surface area contributed by atoms with Gasteiger partial charge < -0.3 is 19.7 Å². The number of methoxy groups -OCH3 is 2. The Hall–Kier alpha value is -2.78. The highest BCUT2D eigenvalue weighted by Crippen LogP contribution is 2.21. The first-order chi connectivity index (χ1) is 10.9. The minimum atomic E-state index is -1.60. The van der Waals surface area contributed by atoms with Crippen LogP contribution in [0.25, 0.3) is 0 Å². The minimum absolute atomic E-state index is 0.0928. The van der Waals surface area contributed by atoms with Crippen molar-refractivity contribution in [3.8, 4) is 0 Å². The Morgan fingerprint density at radius 2 is 1.38 bits per heavy atom. The molecule has 0 fully saturated rings. The number of carbonyl (C=O) groups is 6. The van der Waals surface area contributed by atoms with Gasteiger partial charge in [-0.2, -0.15) is 0 Å². The topological polar surface area (TPSA) is 161 Å².